The molecule has 1 aliphatic heterocycles. The van der Waals surface area contributed by atoms with Crippen LogP contribution in [-0.2, 0) is 16.3 Å². The molecule has 0 atom stereocenters. The van der Waals surface area contributed by atoms with Gasteiger partial charge in [-0.3, -0.25) is 0 Å². The van der Waals surface area contributed by atoms with Gasteiger partial charge in [-0.25, -0.2) is 18.4 Å². The van der Waals surface area contributed by atoms with Crippen LogP contribution in [0.5, 0.6) is 0 Å². The second-order valence-corrected chi connectivity index (χ2v) is 6.36. The first kappa shape index (κ1) is 12.1. The summed E-state index contributed by atoms with van der Waals surface area (Å²) in [6, 6.07) is 0. The predicted molar refractivity (Wildman–Crippen MR) is 66.7 cm³/mol. The molecule has 0 saturated carbocycles. The van der Waals surface area contributed by atoms with Gasteiger partial charge < -0.3 is 10.6 Å². The van der Waals surface area contributed by atoms with Gasteiger partial charge in [0, 0.05) is 18.7 Å². The molecule has 2 N–H and O–H groups in total. The smallest absolute Gasteiger partial charge is 0.153 e. The molecule has 94 valence electrons. The Kier molecular flexibility index (Phi) is 3.19. The highest BCUT2D eigenvalue weighted by atomic mass is 32.2. The molecule has 0 spiro atoms. The molecule has 0 aromatic carbocycles. The van der Waals surface area contributed by atoms with Crippen molar-refractivity contribution in [1.82, 2.24) is 9.97 Å². The Balaban J connectivity index is 2.27. The van der Waals surface area contributed by atoms with Crippen LogP contribution < -0.4 is 10.6 Å². The highest BCUT2D eigenvalue weighted by molar-refractivity contribution is 7.91. The summed E-state index contributed by atoms with van der Waals surface area (Å²) in [4.78, 5) is 10.1. The lowest BCUT2D eigenvalue weighted by Gasteiger charge is -2.29. The van der Waals surface area contributed by atoms with Crippen molar-refractivity contribution in [3.63, 3.8) is 0 Å². The molecule has 1 aliphatic rings. The van der Waals surface area contributed by atoms with Crippen molar-refractivity contribution in [1.29, 1.82) is 0 Å². The minimum absolute atomic E-state index is 0.181. The van der Waals surface area contributed by atoms with Gasteiger partial charge in [-0.15, -0.1) is 0 Å². The first-order valence-corrected chi connectivity index (χ1v) is 7.40. The molecule has 0 bridgehead atoms. The SMILES string of the molecule is CCc1c(N)ncnc1N1CCS(=O)(=O)CC1. The van der Waals surface area contributed by atoms with E-state index in [1.807, 2.05) is 11.8 Å². The largest absolute Gasteiger partial charge is 0.383 e. The van der Waals surface area contributed by atoms with Gasteiger partial charge in [-0.05, 0) is 6.42 Å². The summed E-state index contributed by atoms with van der Waals surface area (Å²) >= 11 is 0. The second-order valence-electron chi connectivity index (χ2n) is 4.05. The van der Waals surface area contributed by atoms with Crippen molar-refractivity contribution in [3.05, 3.63) is 11.9 Å². The van der Waals surface area contributed by atoms with E-state index in [9.17, 15) is 8.42 Å². The lowest BCUT2D eigenvalue weighted by Crippen LogP contribution is -2.41. The van der Waals surface area contributed by atoms with Crippen LogP contribution in [0.2, 0.25) is 0 Å². The van der Waals surface area contributed by atoms with Crippen molar-refractivity contribution in [2.45, 2.75) is 13.3 Å². The molecule has 0 aliphatic carbocycles. The Morgan fingerprint density at radius 3 is 2.59 bits per heavy atom. The van der Waals surface area contributed by atoms with Crippen LogP contribution in [0.1, 0.15) is 12.5 Å². The van der Waals surface area contributed by atoms with Crippen LogP contribution in [-0.4, -0.2) is 43.0 Å². The summed E-state index contributed by atoms with van der Waals surface area (Å²) in [5, 5.41) is 0. The summed E-state index contributed by atoms with van der Waals surface area (Å²) in [6.07, 6.45) is 2.16. The fraction of sp³-hybridized carbons (Fsp3) is 0.600. The molecule has 0 amide bonds. The fourth-order valence-corrected chi connectivity index (χ4v) is 3.15. The number of rotatable bonds is 2. The Morgan fingerprint density at radius 2 is 2.00 bits per heavy atom. The number of sulfone groups is 1. The van der Waals surface area contributed by atoms with Crippen molar-refractivity contribution in [2.75, 3.05) is 35.2 Å². The average molecular weight is 256 g/mol. The lowest BCUT2D eigenvalue weighted by molar-refractivity contribution is 0.586. The van der Waals surface area contributed by atoms with Crippen molar-refractivity contribution < 1.29 is 8.42 Å². The van der Waals surface area contributed by atoms with E-state index >= 15 is 0 Å². The van der Waals surface area contributed by atoms with E-state index in [0.29, 0.717) is 18.9 Å². The summed E-state index contributed by atoms with van der Waals surface area (Å²) in [7, 11) is -2.87. The van der Waals surface area contributed by atoms with Crippen molar-refractivity contribution in [2.24, 2.45) is 0 Å². The molecule has 1 saturated heterocycles. The molecule has 6 nitrogen and oxygen atoms in total. The van der Waals surface area contributed by atoms with Gasteiger partial charge in [-0.2, -0.15) is 0 Å². The Morgan fingerprint density at radius 1 is 1.35 bits per heavy atom. The number of nitrogen functional groups attached to an aromatic ring is 1. The third-order valence-corrected chi connectivity index (χ3v) is 4.56. The van der Waals surface area contributed by atoms with Crippen LogP contribution in [0.3, 0.4) is 0 Å². The molecule has 0 radical (unpaired) electrons. The van der Waals surface area contributed by atoms with Crippen LogP contribution in [0.15, 0.2) is 6.33 Å². The fourth-order valence-electron chi connectivity index (χ4n) is 1.95. The zero-order valence-corrected chi connectivity index (χ0v) is 10.6. The number of nitrogens with two attached hydrogens (primary N) is 1. The van der Waals surface area contributed by atoms with Gasteiger partial charge in [0.2, 0.25) is 0 Å². The first-order chi connectivity index (χ1) is 8.03. The standard InChI is InChI=1S/C10H16N4O2S/c1-2-8-9(11)12-7-13-10(8)14-3-5-17(15,16)6-4-14/h7H,2-6H2,1H3,(H2,11,12,13). The van der Waals surface area contributed by atoms with E-state index in [4.69, 9.17) is 5.73 Å². The van der Waals surface area contributed by atoms with Crippen molar-refractivity contribution in [3.8, 4) is 0 Å². The monoisotopic (exact) mass is 256 g/mol. The Labute approximate surface area is 101 Å². The molecular formula is C10H16N4O2S. The molecule has 17 heavy (non-hydrogen) atoms. The zero-order valence-electron chi connectivity index (χ0n) is 9.76. The third kappa shape index (κ3) is 2.49. The summed E-state index contributed by atoms with van der Waals surface area (Å²) in [5.41, 5.74) is 6.69. The number of hydrogen-bond donors (Lipinski definition) is 1. The minimum Gasteiger partial charge on any atom is -0.383 e. The van der Waals surface area contributed by atoms with Crippen LogP contribution in [0.4, 0.5) is 11.6 Å². The van der Waals surface area contributed by atoms with E-state index < -0.39 is 9.84 Å². The van der Waals surface area contributed by atoms with E-state index in [2.05, 4.69) is 9.97 Å². The Hall–Kier alpha value is -1.37. The molecule has 7 heteroatoms. The van der Waals surface area contributed by atoms with Crippen LogP contribution >= 0.6 is 0 Å². The van der Waals surface area contributed by atoms with Gasteiger partial charge in [0.05, 0.1) is 11.5 Å². The van der Waals surface area contributed by atoms with E-state index in [0.717, 1.165) is 17.8 Å². The van der Waals surface area contributed by atoms with Crippen LogP contribution in [0.25, 0.3) is 0 Å². The van der Waals surface area contributed by atoms with Gasteiger partial charge >= 0.3 is 0 Å². The van der Waals surface area contributed by atoms with Crippen molar-refractivity contribution >= 4 is 21.5 Å². The van der Waals surface area contributed by atoms with Gasteiger partial charge in [0.25, 0.3) is 0 Å². The number of hydrogen-bond acceptors (Lipinski definition) is 6. The van der Waals surface area contributed by atoms with Gasteiger partial charge in [-0.1, -0.05) is 6.92 Å². The quantitative estimate of drug-likeness (QED) is 0.792. The molecule has 2 rings (SSSR count). The maximum Gasteiger partial charge on any atom is 0.153 e. The van der Waals surface area contributed by atoms with Gasteiger partial charge in [0.15, 0.2) is 9.84 Å². The predicted octanol–water partition coefficient (Wildman–Crippen LogP) is -0.144. The minimum atomic E-state index is -2.87. The molecular weight excluding hydrogens is 240 g/mol. The number of aromatic nitrogens is 2. The van der Waals surface area contributed by atoms with E-state index in [1.165, 1.54) is 6.33 Å². The molecule has 1 fully saturated rings. The lowest BCUT2D eigenvalue weighted by atomic mass is 10.2. The first-order valence-electron chi connectivity index (χ1n) is 5.58. The summed E-state index contributed by atoms with van der Waals surface area (Å²) < 4.78 is 22.7. The highest BCUT2D eigenvalue weighted by Crippen LogP contribution is 2.23. The highest BCUT2D eigenvalue weighted by Gasteiger charge is 2.24. The molecule has 1 aromatic rings. The molecule has 0 unspecified atom stereocenters. The van der Waals surface area contributed by atoms with E-state index in [-0.39, 0.29) is 11.5 Å². The molecule has 1 aromatic heterocycles. The number of nitrogens with zero attached hydrogens (tertiary/aromatic N) is 3. The number of anilines is 2. The van der Waals surface area contributed by atoms with Gasteiger partial charge in [0.1, 0.15) is 18.0 Å². The van der Waals surface area contributed by atoms with Crippen LogP contribution in [0, 0.1) is 0 Å². The summed E-state index contributed by atoms with van der Waals surface area (Å²) in [5.74, 6) is 1.61. The average Bonchev–Trinajstić information content (AvgIpc) is 2.29. The normalized spacial score (nSPS) is 19.2. The maximum atomic E-state index is 11.4. The third-order valence-electron chi connectivity index (χ3n) is 2.95. The van der Waals surface area contributed by atoms with E-state index in [1.54, 1.807) is 0 Å². The topological polar surface area (TPSA) is 89.2 Å². The summed E-state index contributed by atoms with van der Waals surface area (Å²) in [6.45, 7) is 2.94. The zero-order chi connectivity index (χ0) is 12.5. The molecule has 2 heterocycles. The second kappa shape index (κ2) is 4.48. The Bertz CT molecular complexity index is 501. The maximum absolute atomic E-state index is 11.4.